The number of likely N-dealkylation sites (tertiary alicyclic amines) is 1. The molecular formula is C18H27F3N4O3. The van der Waals surface area contributed by atoms with Crippen molar-refractivity contribution in [3.05, 3.63) is 18.2 Å². The highest BCUT2D eigenvalue weighted by atomic mass is 19.4. The molecule has 7 nitrogen and oxygen atoms in total. The van der Waals surface area contributed by atoms with Crippen LogP contribution in [-0.2, 0) is 20.9 Å². The van der Waals surface area contributed by atoms with E-state index in [9.17, 15) is 22.8 Å². The standard InChI is InChI=1S/C18H27F3N4O3/c1-4-23(3)14-5-8-24(9-6-14)16(27)11-15(28-13(2)26)17-22-7-10-25(17)12-18(19,20)21/h7,10,14-15H,4-6,8-9,11-12H2,1-3H3/t15-/m0/s1. The molecule has 1 fully saturated rings. The maximum absolute atomic E-state index is 12.8. The molecule has 0 unspecified atom stereocenters. The van der Waals surface area contributed by atoms with Gasteiger partial charge in [0.1, 0.15) is 6.54 Å². The number of ether oxygens (including phenoxy) is 1. The van der Waals surface area contributed by atoms with Crippen LogP contribution in [0.1, 0.15) is 45.0 Å². The molecule has 158 valence electrons. The highest BCUT2D eigenvalue weighted by molar-refractivity contribution is 5.77. The van der Waals surface area contributed by atoms with Gasteiger partial charge in [-0.3, -0.25) is 9.59 Å². The number of aromatic nitrogens is 2. The van der Waals surface area contributed by atoms with Crippen LogP contribution in [0.4, 0.5) is 13.2 Å². The first-order valence-electron chi connectivity index (χ1n) is 9.33. The van der Waals surface area contributed by atoms with Crippen LogP contribution < -0.4 is 0 Å². The Morgan fingerprint density at radius 2 is 2.00 bits per heavy atom. The molecule has 0 aromatic carbocycles. The van der Waals surface area contributed by atoms with E-state index in [2.05, 4.69) is 16.8 Å². The second-order valence-electron chi connectivity index (χ2n) is 7.02. The van der Waals surface area contributed by atoms with Crippen molar-refractivity contribution in [3.8, 4) is 0 Å². The third-order valence-corrected chi connectivity index (χ3v) is 4.99. The van der Waals surface area contributed by atoms with E-state index in [0.29, 0.717) is 19.1 Å². The van der Waals surface area contributed by atoms with E-state index in [1.54, 1.807) is 4.90 Å². The SMILES string of the molecule is CCN(C)C1CCN(C(=O)C[C@H](OC(C)=O)c2nccn2CC(F)(F)F)CC1. The minimum absolute atomic E-state index is 0.0820. The second-order valence-corrected chi connectivity index (χ2v) is 7.02. The molecule has 0 N–H and O–H groups in total. The van der Waals surface area contributed by atoms with Gasteiger partial charge in [-0.1, -0.05) is 6.92 Å². The number of rotatable bonds is 7. The average Bonchev–Trinajstić information content (AvgIpc) is 3.06. The normalized spacial score (nSPS) is 17.0. The molecule has 0 bridgehead atoms. The van der Waals surface area contributed by atoms with Crippen LogP contribution >= 0.6 is 0 Å². The Morgan fingerprint density at radius 1 is 1.36 bits per heavy atom. The maximum atomic E-state index is 12.8. The summed E-state index contributed by atoms with van der Waals surface area (Å²) in [6.07, 6.45) is -1.81. The number of imidazole rings is 1. The first-order valence-corrected chi connectivity index (χ1v) is 9.33. The Balaban J connectivity index is 2.06. The number of nitrogens with zero attached hydrogens (tertiary/aromatic N) is 4. The molecule has 1 aromatic rings. The lowest BCUT2D eigenvalue weighted by molar-refractivity contribution is -0.151. The summed E-state index contributed by atoms with van der Waals surface area (Å²) in [4.78, 5) is 31.9. The van der Waals surface area contributed by atoms with Gasteiger partial charge >= 0.3 is 12.1 Å². The van der Waals surface area contributed by atoms with Gasteiger partial charge < -0.3 is 19.1 Å². The van der Waals surface area contributed by atoms with Crippen molar-refractivity contribution in [1.82, 2.24) is 19.4 Å². The van der Waals surface area contributed by atoms with Crippen LogP contribution in [0.2, 0.25) is 0 Å². The summed E-state index contributed by atoms with van der Waals surface area (Å²) in [7, 11) is 2.04. The molecule has 0 spiro atoms. The Bertz CT molecular complexity index is 669. The van der Waals surface area contributed by atoms with E-state index in [1.807, 2.05) is 7.05 Å². The van der Waals surface area contributed by atoms with E-state index >= 15 is 0 Å². The van der Waals surface area contributed by atoms with E-state index < -0.39 is 24.8 Å². The summed E-state index contributed by atoms with van der Waals surface area (Å²) >= 11 is 0. The molecule has 10 heteroatoms. The fourth-order valence-electron chi connectivity index (χ4n) is 3.42. The third kappa shape index (κ3) is 6.22. The van der Waals surface area contributed by atoms with Gasteiger partial charge in [0.15, 0.2) is 11.9 Å². The molecule has 0 saturated carbocycles. The fourth-order valence-corrected chi connectivity index (χ4v) is 3.42. The molecule has 1 aromatic heterocycles. The van der Waals surface area contributed by atoms with Crippen LogP contribution in [0.15, 0.2) is 12.4 Å². The van der Waals surface area contributed by atoms with Crippen molar-refractivity contribution >= 4 is 11.9 Å². The second kappa shape index (κ2) is 9.40. The number of halogens is 3. The van der Waals surface area contributed by atoms with Gasteiger partial charge in [-0.2, -0.15) is 13.2 Å². The zero-order valence-corrected chi connectivity index (χ0v) is 16.4. The zero-order chi connectivity index (χ0) is 20.9. The van der Waals surface area contributed by atoms with Gasteiger partial charge in [0.25, 0.3) is 0 Å². The van der Waals surface area contributed by atoms with Crippen molar-refractivity contribution in [2.75, 3.05) is 26.7 Å². The van der Waals surface area contributed by atoms with Crippen LogP contribution in [0.25, 0.3) is 0 Å². The van der Waals surface area contributed by atoms with Crippen LogP contribution in [-0.4, -0.2) is 70.1 Å². The minimum Gasteiger partial charge on any atom is -0.454 e. The van der Waals surface area contributed by atoms with E-state index in [0.717, 1.165) is 37.1 Å². The van der Waals surface area contributed by atoms with Crippen LogP contribution in [0.5, 0.6) is 0 Å². The zero-order valence-electron chi connectivity index (χ0n) is 16.4. The summed E-state index contributed by atoms with van der Waals surface area (Å²) in [5, 5.41) is 0. The lowest BCUT2D eigenvalue weighted by Crippen LogP contribution is -2.45. The predicted octanol–water partition coefficient (Wildman–Crippen LogP) is 2.38. The number of hydrogen-bond donors (Lipinski definition) is 0. The lowest BCUT2D eigenvalue weighted by atomic mass is 10.0. The molecule has 28 heavy (non-hydrogen) atoms. The highest BCUT2D eigenvalue weighted by Gasteiger charge is 2.33. The van der Waals surface area contributed by atoms with Gasteiger partial charge in [0.2, 0.25) is 5.91 Å². The van der Waals surface area contributed by atoms with Crippen molar-refractivity contribution < 1.29 is 27.5 Å². The monoisotopic (exact) mass is 404 g/mol. The Kier molecular flexibility index (Phi) is 7.45. The molecular weight excluding hydrogens is 377 g/mol. The Morgan fingerprint density at radius 3 is 2.54 bits per heavy atom. The summed E-state index contributed by atoms with van der Waals surface area (Å²) in [5.74, 6) is -1.02. The largest absolute Gasteiger partial charge is 0.454 e. The number of carbonyl (C=O) groups is 2. The van der Waals surface area contributed by atoms with Gasteiger partial charge in [-0.15, -0.1) is 0 Å². The molecule has 2 rings (SSSR count). The molecule has 1 aliphatic rings. The lowest BCUT2D eigenvalue weighted by Gasteiger charge is -2.36. The minimum atomic E-state index is -4.45. The molecule has 0 radical (unpaired) electrons. The molecule has 1 amide bonds. The first-order chi connectivity index (χ1) is 13.1. The van der Waals surface area contributed by atoms with Crippen molar-refractivity contribution in [1.29, 1.82) is 0 Å². The van der Waals surface area contributed by atoms with Gasteiger partial charge in [0, 0.05) is 38.4 Å². The molecule has 2 heterocycles. The van der Waals surface area contributed by atoms with Gasteiger partial charge in [-0.05, 0) is 26.4 Å². The van der Waals surface area contributed by atoms with E-state index in [1.165, 1.54) is 6.20 Å². The number of alkyl halides is 3. The van der Waals surface area contributed by atoms with E-state index in [-0.39, 0.29) is 18.2 Å². The van der Waals surface area contributed by atoms with Gasteiger partial charge in [0.05, 0.1) is 6.42 Å². The Labute approximate surface area is 162 Å². The van der Waals surface area contributed by atoms with Crippen LogP contribution in [0, 0.1) is 0 Å². The highest BCUT2D eigenvalue weighted by Crippen LogP contribution is 2.26. The molecule has 1 aliphatic heterocycles. The molecule has 0 aliphatic carbocycles. The number of amides is 1. The van der Waals surface area contributed by atoms with Crippen LogP contribution in [0.3, 0.4) is 0 Å². The first kappa shape index (κ1) is 22.2. The Hall–Kier alpha value is -2.10. The number of hydrogen-bond acceptors (Lipinski definition) is 5. The van der Waals surface area contributed by atoms with Crippen molar-refractivity contribution in [3.63, 3.8) is 0 Å². The number of piperidine rings is 1. The quantitative estimate of drug-likeness (QED) is 0.653. The number of esters is 1. The fraction of sp³-hybridized carbons (Fsp3) is 0.722. The van der Waals surface area contributed by atoms with Gasteiger partial charge in [-0.25, -0.2) is 4.98 Å². The smallest absolute Gasteiger partial charge is 0.406 e. The van der Waals surface area contributed by atoms with E-state index in [4.69, 9.17) is 4.74 Å². The number of carbonyl (C=O) groups excluding carboxylic acids is 2. The van der Waals surface area contributed by atoms with Crippen molar-refractivity contribution in [2.45, 2.75) is 58.0 Å². The summed E-state index contributed by atoms with van der Waals surface area (Å²) in [5.41, 5.74) is 0. The van der Waals surface area contributed by atoms with Crippen molar-refractivity contribution in [2.24, 2.45) is 0 Å². The third-order valence-electron chi connectivity index (χ3n) is 4.99. The molecule has 1 atom stereocenters. The predicted molar refractivity (Wildman–Crippen MR) is 95.3 cm³/mol. The molecule has 1 saturated heterocycles. The summed E-state index contributed by atoms with van der Waals surface area (Å²) in [6, 6.07) is 0.406. The summed E-state index contributed by atoms with van der Waals surface area (Å²) in [6.45, 7) is 4.03. The average molecular weight is 404 g/mol. The summed E-state index contributed by atoms with van der Waals surface area (Å²) < 4.78 is 44.3. The maximum Gasteiger partial charge on any atom is 0.406 e. The topological polar surface area (TPSA) is 67.7 Å².